The summed E-state index contributed by atoms with van der Waals surface area (Å²) in [4.78, 5) is 34.8. The molecular weight excluding hydrogens is 348 g/mol. The maximum absolute atomic E-state index is 12.9. The molecule has 0 unspecified atom stereocenters. The first-order chi connectivity index (χ1) is 13.1. The van der Waals surface area contributed by atoms with Crippen molar-refractivity contribution >= 4 is 28.8 Å². The summed E-state index contributed by atoms with van der Waals surface area (Å²) >= 11 is 0. The monoisotopic (exact) mass is 360 g/mol. The molecule has 2 heterocycles. The number of fused-ring (bicyclic) bond motifs is 1. The molecule has 27 heavy (non-hydrogen) atoms. The van der Waals surface area contributed by atoms with Crippen LogP contribution in [0.15, 0.2) is 71.3 Å². The predicted molar refractivity (Wildman–Crippen MR) is 97.9 cm³/mol. The van der Waals surface area contributed by atoms with E-state index in [4.69, 9.17) is 4.42 Å². The molecule has 0 atom stereocenters. The van der Waals surface area contributed by atoms with Crippen LogP contribution in [0.2, 0.25) is 0 Å². The fourth-order valence-electron chi connectivity index (χ4n) is 3.03. The Morgan fingerprint density at radius 3 is 2.56 bits per heavy atom. The average Bonchev–Trinajstić information content (AvgIpc) is 3.32. The highest BCUT2D eigenvalue weighted by Gasteiger charge is 2.21. The topological polar surface area (TPSA) is 95.3 Å². The van der Waals surface area contributed by atoms with E-state index in [-0.39, 0.29) is 22.8 Å². The number of hydrogen-bond acceptors (Lipinski definition) is 5. The van der Waals surface area contributed by atoms with Crippen molar-refractivity contribution in [3.8, 4) is 11.3 Å². The number of nitro groups is 1. The minimum absolute atomic E-state index is 0.0151. The van der Waals surface area contributed by atoms with Gasteiger partial charge in [-0.15, -0.1) is 0 Å². The van der Waals surface area contributed by atoms with E-state index in [1.54, 1.807) is 42.5 Å². The molecule has 0 bridgehead atoms. The van der Waals surface area contributed by atoms with Crippen molar-refractivity contribution in [1.82, 2.24) is 4.57 Å². The lowest BCUT2D eigenvalue weighted by atomic mass is 10.1. The van der Waals surface area contributed by atoms with Crippen LogP contribution in [0.1, 0.15) is 20.9 Å². The lowest BCUT2D eigenvalue weighted by molar-refractivity contribution is -0.384. The van der Waals surface area contributed by atoms with Gasteiger partial charge in [0.2, 0.25) is 0 Å². The number of aromatic nitrogens is 1. The Bertz CT molecular complexity index is 1200. The summed E-state index contributed by atoms with van der Waals surface area (Å²) in [5, 5.41) is 11.9. The van der Waals surface area contributed by atoms with Gasteiger partial charge in [-0.1, -0.05) is 30.3 Å². The van der Waals surface area contributed by atoms with Gasteiger partial charge in [0.15, 0.2) is 12.0 Å². The zero-order valence-corrected chi connectivity index (χ0v) is 13.9. The molecule has 0 saturated heterocycles. The number of benzene rings is 2. The van der Waals surface area contributed by atoms with Gasteiger partial charge in [0.05, 0.1) is 16.0 Å². The number of rotatable bonds is 4. The molecule has 0 saturated carbocycles. The van der Waals surface area contributed by atoms with Gasteiger partial charge >= 0.3 is 0 Å². The van der Waals surface area contributed by atoms with Crippen molar-refractivity contribution in [1.29, 1.82) is 0 Å². The number of carbonyl (C=O) groups excluding carboxylic acids is 2. The molecule has 2 aromatic carbocycles. The van der Waals surface area contributed by atoms with Crippen molar-refractivity contribution in [2.45, 2.75) is 0 Å². The lowest BCUT2D eigenvalue weighted by Crippen LogP contribution is -2.09. The maximum Gasteiger partial charge on any atom is 0.298 e. The Kier molecular flexibility index (Phi) is 3.89. The second-order valence-corrected chi connectivity index (χ2v) is 5.83. The van der Waals surface area contributed by atoms with E-state index >= 15 is 0 Å². The largest absolute Gasteiger partial charge is 0.451 e. The summed E-state index contributed by atoms with van der Waals surface area (Å²) < 4.78 is 6.94. The SMILES string of the molecule is O=Cc1cn(C(=O)c2ccc(-c3ccccc3[N+](=O)[O-])o2)c2ccccc12. The van der Waals surface area contributed by atoms with Crippen molar-refractivity contribution in [3.05, 3.63) is 88.3 Å². The fourth-order valence-corrected chi connectivity index (χ4v) is 3.03. The summed E-state index contributed by atoms with van der Waals surface area (Å²) in [6.45, 7) is 0. The number of nitrogens with zero attached hydrogens (tertiary/aromatic N) is 2. The third-order valence-electron chi connectivity index (χ3n) is 4.27. The average molecular weight is 360 g/mol. The van der Waals surface area contributed by atoms with Crippen LogP contribution in [0.3, 0.4) is 0 Å². The Morgan fingerprint density at radius 2 is 1.78 bits per heavy atom. The maximum atomic E-state index is 12.9. The molecule has 132 valence electrons. The van der Waals surface area contributed by atoms with E-state index in [2.05, 4.69) is 0 Å². The quantitative estimate of drug-likeness (QED) is 0.307. The molecule has 0 aliphatic carbocycles. The molecule has 0 amide bonds. The molecule has 0 N–H and O–H groups in total. The zero-order valence-electron chi connectivity index (χ0n) is 13.9. The van der Waals surface area contributed by atoms with E-state index < -0.39 is 10.8 Å². The van der Waals surface area contributed by atoms with E-state index in [9.17, 15) is 19.7 Å². The molecule has 0 fully saturated rings. The number of nitro benzene ring substituents is 1. The highest BCUT2D eigenvalue weighted by atomic mass is 16.6. The molecule has 0 radical (unpaired) electrons. The number of furan rings is 1. The first-order valence-corrected chi connectivity index (χ1v) is 8.03. The minimum Gasteiger partial charge on any atom is -0.451 e. The van der Waals surface area contributed by atoms with Crippen LogP contribution in [0, 0.1) is 10.1 Å². The first-order valence-electron chi connectivity index (χ1n) is 8.03. The van der Waals surface area contributed by atoms with Gasteiger partial charge in [0.25, 0.3) is 11.6 Å². The highest BCUT2D eigenvalue weighted by Crippen LogP contribution is 2.31. The molecule has 4 rings (SSSR count). The number of para-hydroxylation sites is 2. The Morgan fingerprint density at radius 1 is 1.04 bits per heavy atom. The second kappa shape index (κ2) is 6.38. The van der Waals surface area contributed by atoms with Crippen molar-refractivity contribution < 1.29 is 18.9 Å². The van der Waals surface area contributed by atoms with E-state index in [1.807, 2.05) is 0 Å². The minimum atomic E-state index is -0.505. The number of hydrogen-bond donors (Lipinski definition) is 0. The first kappa shape index (κ1) is 16.5. The molecule has 0 spiro atoms. The summed E-state index contributed by atoms with van der Waals surface area (Å²) in [6.07, 6.45) is 2.14. The van der Waals surface area contributed by atoms with Gasteiger partial charge in [-0.05, 0) is 24.3 Å². The van der Waals surface area contributed by atoms with E-state index in [1.165, 1.54) is 29.0 Å². The smallest absolute Gasteiger partial charge is 0.298 e. The highest BCUT2D eigenvalue weighted by molar-refractivity contribution is 6.06. The molecule has 0 aliphatic heterocycles. The van der Waals surface area contributed by atoms with Gasteiger partial charge < -0.3 is 4.42 Å². The van der Waals surface area contributed by atoms with Crippen LogP contribution in [-0.2, 0) is 0 Å². The van der Waals surface area contributed by atoms with E-state index in [0.29, 0.717) is 22.8 Å². The Labute approximate surface area is 152 Å². The van der Waals surface area contributed by atoms with Crippen molar-refractivity contribution in [2.24, 2.45) is 0 Å². The summed E-state index contributed by atoms with van der Waals surface area (Å²) in [5.74, 6) is -0.233. The normalized spacial score (nSPS) is 10.8. The Balaban J connectivity index is 1.78. The van der Waals surface area contributed by atoms with Crippen LogP contribution < -0.4 is 0 Å². The van der Waals surface area contributed by atoms with Gasteiger partial charge in [0.1, 0.15) is 5.76 Å². The van der Waals surface area contributed by atoms with Crippen LogP contribution in [0.25, 0.3) is 22.2 Å². The third kappa shape index (κ3) is 2.71. The van der Waals surface area contributed by atoms with Gasteiger partial charge in [-0.2, -0.15) is 0 Å². The van der Waals surface area contributed by atoms with Crippen LogP contribution >= 0.6 is 0 Å². The third-order valence-corrected chi connectivity index (χ3v) is 4.27. The van der Waals surface area contributed by atoms with Crippen molar-refractivity contribution in [2.75, 3.05) is 0 Å². The molecule has 0 aliphatic rings. The van der Waals surface area contributed by atoms with Gasteiger partial charge in [0, 0.05) is 23.2 Å². The van der Waals surface area contributed by atoms with Gasteiger partial charge in [-0.25, -0.2) is 0 Å². The van der Waals surface area contributed by atoms with Crippen LogP contribution in [-0.4, -0.2) is 21.7 Å². The number of aldehydes is 1. The standard InChI is InChI=1S/C20H12N2O5/c23-12-13-11-21(16-7-3-1-5-14(13)16)20(24)19-10-9-18(27-19)15-6-2-4-8-17(15)22(25)26/h1-12H. The van der Waals surface area contributed by atoms with Gasteiger partial charge in [-0.3, -0.25) is 24.3 Å². The van der Waals surface area contributed by atoms with Crippen LogP contribution in [0.5, 0.6) is 0 Å². The Hall–Kier alpha value is -4.00. The summed E-state index contributed by atoms with van der Waals surface area (Å²) in [7, 11) is 0. The predicted octanol–water partition coefficient (Wildman–Crippen LogP) is 4.31. The summed E-state index contributed by atoms with van der Waals surface area (Å²) in [5.41, 5.74) is 1.14. The zero-order chi connectivity index (χ0) is 19.0. The summed E-state index contributed by atoms with van der Waals surface area (Å²) in [6, 6.07) is 16.1. The molecule has 7 nitrogen and oxygen atoms in total. The number of carbonyl (C=O) groups is 2. The molecule has 7 heteroatoms. The fraction of sp³-hybridized carbons (Fsp3) is 0. The van der Waals surface area contributed by atoms with Crippen LogP contribution in [0.4, 0.5) is 5.69 Å². The molecule has 4 aromatic rings. The van der Waals surface area contributed by atoms with E-state index in [0.717, 1.165) is 0 Å². The second-order valence-electron chi connectivity index (χ2n) is 5.83. The molecule has 2 aromatic heterocycles. The van der Waals surface area contributed by atoms with Crippen molar-refractivity contribution in [3.63, 3.8) is 0 Å². The lowest BCUT2D eigenvalue weighted by Gasteiger charge is -2.02. The molecular formula is C20H12N2O5.